The normalized spacial score (nSPS) is 18.8. The highest BCUT2D eigenvalue weighted by Crippen LogP contribution is 2.47. The van der Waals surface area contributed by atoms with Crippen LogP contribution in [0.5, 0.6) is 0 Å². The molecule has 1 aliphatic heterocycles. The van der Waals surface area contributed by atoms with Crippen LogP contribution in [0.25, 0.3) is 0 Å². The van der Waals surface area contributed by atoms with Crippen LogP contribution in [-0.2, 0) is 5.41 Å². The summed E-state index contributed by atoms with van der Waals surface area (Å²) in [6, 6.07) is 33.0. The summed E-state index contributed by atoms with van der Waals surface area (Å²) < 4.78 is 0. The molecule has 1 fully saturated rings. The first-order valence-corrected chi connectivity index (χ1v) is 9.98. The number of hydrogen-bond donors (Lipinski definition) is 1. The molecule has 138 valence electrons. The maximum Gasteiger partial charge on any atom is 0.0492 e. The second-order valence-electron chi connectivity index (χ2n) is 7.59. The standard InChI is InChI=1S/C25H28N2/c26-27-19-11-10-18-24(20-27)25(21-12-4-1-5-13-21,22-14-6-2-7-15-22)23-16-8-3-9-17-23/h1-9,12-17,24H,10-11,18-20,26H2/t24-/m0/s1. The van der Waals surface area contributed by atoms with Gasteiger partial charge < -0.3 is 0 Å². The fourth-order valence-corrected chi connectivity index (χ4v) is 4.83. The summed E-state index contributed by atoms with van der Waals surface area (Å²) in [7, 11) is 0. The minimum absolute atomic E-state index is 0.203. The van der Waals surface area contributed by atoms with Crippen molar-refractivity contribution in [2.45, 2.75) is 24.7 Å². The Morgan fingerprint density at radius 2 is 1.11 bits per heavy atom. The van der Waals surface area contributed by atoms with E-state index in [0.29, 0.717) is 5.92 Å². The van der Waals surface area contributed by atoms with Gasteiger partial charge in [0.1, 0.15) is 0 Å². The van der Waals surface area contributed by atoms with Crippen LogP contribution in [0, 0.1) is 5.92 Å². The Hall–Kier alpha value is -2.42. The van der Waals surface area contributed by atoms with Gasteiger partial charge in [0.15, 0.2) is 0 Å². The van der Waals surface area contributed by atoms with E-state index in [2.05, 4.69) is 91.0 Å². The van der Waals surface area contributed by atoms with E-state index in [1.807, 2.05) is 5.01 Å². The zero-order chi connectivity index (χ0) is 18.5. The van der Waals surface area contributed by atoms with Crippen molar-refractivity contribution in [3.8, 4) is 0 Å². The molecule has 0 spiro atoms. The topological polar surface area (TPSA) is 29.3 Å². The van der Waals surface area contributed by atoms with Crippen molar-refractivity contribution in [2.75, 3.05) is 13.1 Å². The SMILES string of the molecule is NN1CCCC[C@H](C(c2ccccc2)(c2ccccc2)c2ccccc2)C1. The summed E-state index contributed by atoms with van der Waals surface area (Å²) >= 11 is 0. The van der Waals surface area contributed by atoms with Crippen LogP contribution >= 0.6 is 0 Å². The van der Waals surface area contributed by atoms with Gasteiger partial charge in [-0.05, 0) is 35.4 Å². The highest BCUT2D eigenvalue weighted by molar-refractivity contribution is 5.51. The van der Waals surface area contributed by atoms with Gasteiger partial charge in [-0.3, -0.25) is 5.84 Å². The summed E-state index contributed by atoms with van der Waals surface area (Å²) in [6.45, 7) is 1.88. The molecule has 1 saturated heterocycles. The number of nitrogens with two attached hydrogens (primary N) is 1. The average Bonchev–Trinajstić information content (AvgIpc) is 2.96. The summed E-state index contributed by atoms with van der Waals surface area (Å²) in [6.07, 6.45) is 3.56. The van der Waals surface area contributed by atoms with Gasteiger partial charge in [0, 0.05) is 18.5 Å². The van der Waals surface area contributed by atoms with Gasteiger partial charge in [-0.1, -0.05) is 97.4 Å². The Morgan fingerprint density at radius 1 is 0.667 bits per heavy atom. The Balaban J connectivity index is 2.00. The first kappa shape index (κ1) is 18.0. The average molecular weight is 357 g/mol. The molecule has 1 heterocycles. The molecule has 27 heavy (non-hydrogen) atoms. The molecule has 1 aliphatic rings. The van der Waals surface area contributed by atoms with E-state index < -0.39 is 0 Å². The smallest absolute Gasteiger partial charge is 0.0492 e. The lowest BCUT2D eigenvalue weighted by atomic mass is 9.60. The van der Waals surface area contributed by atoms with Crippen LogP contribution in [0.1, 0.15) is 36.0 Å². The number of hydrogen-bond acceptors (Lipinski definition) is 2. The van der Waals surface area contributed by atoms with Crippen LogP contribution in [0.2, 0.25) is 0 Å². The van der Waals surface area contributed by atoms with Crippen LogP contribution in [0.3, 0.4) is 0 Å². The van der Waals surface area contributed by atoms with Gasteiger partial charge >= 0.3 is 0 Å². The number of benzene rings is 3. The molecule has 2 N–H and O–H groups in total. The minimum atomic E-state index is -0.203. The maximum atomic E-state index is 6.39. The van der Waals surface area contributed by atoms with Crippen molar-refractivity contribution in [1.82, 2.24) is 5.01 Å². The molecule has 0 unspecified atom stereocenters. The van der Waals surface area contributed by atoms with Crippen molar-refractivity contribution in [3.05, 3.63) is 108 Å². The van der Waals surface area contributed by atoms with E-state index in [4.69, 9.17) is 5.84 Å². The van der Waals surface area contributed by atoms with E-state index in [1.54, 1.807) is 0 Å². The Labute approximate surface area is 162 Å². The lowest BCUT2D eigenvalue weighted by Crippen LogP contribution is -2.45. The van der Waals surface area contributed by atoms with E-state index in [0.717, 1.165) is 13.1 Å². The summed E-state index contributed by atoms with van der Waals surface area (Å²) in [4.78, 5) is 0. The maximum absolute atomic E-state index is 6.39. The Kier molecular flexibility index (Phi) is 5.38. The van der Waals surface area contributed by atoms with E-state index in [1.165, 1.54) is 36.0 Å². The van der Waals surface area contributed by atoms with E-state index >= 15 is 0 Å². The van der Waals surface area contributed by atoms with Crippen molar-refractivity contribution >= 4 is 0 Å². The quantitative estimate of drug-likeness (QED) is 0.527. The Morgan fingerprint density at radius 3 is 1.56 bits per heavy atom. The second-order valence-corrected chi connectivity index (χ2v) is 7.59. The summed E-state index contributed by atoms with van der Waals surface area (Å²) in [5.74, 6) is 6.80. The number of hydrazine groups is 1. The van der Waals surface area contributed by atoms with Crippen LogP contribution in [-0.4, -0.2) is 18.1 Å². The first-order chi connectivity index (χ1) is 13.3. The molecular formula is C25H28N2. The molecular weight excluding hydrogens is 328 g/mol. The molecule has 2 heteroatoms. The third-order valence-electron chi connectivity index (χ3n) is 6.00. The van der Waals surface area contributed by atoms with Crippen molar-refractivity contribution < 1.29 is 0 Å². The van der Waals surface area contributed by atoms with Gasteiger partial charge in [0.05, 0.1) is 0 Å². The predicted octanol–water partition coefficient (Wildman–Crippen LogP) is 5.00. The fourth-order valence-electron chi connectivity index (χ4n) is 4.83. The third kappa shape index (κ3) is 3.43. The molecule has 2 nitrogen and oxygen atoms in total. The summed E-state index contributed by atoms with van der Waals surface area (Å²) in [5.41, 5.74) is 3.85. The molecule has 3 aromatic carbocycles. The molecule has 0 radical (unpaired) electrons. The van der Waals surface area contributed by atoms with Gasteiger partial charge in [0.2, 0.25) is 0 Å². The van der Waals surface area contributed by atoms with Gasteiger partial charge in [-0.2, -0.15) is 0 Å². The first-order valence-electron chi connectivity index (χ1n) is 9.98. The molecule has 0 aliphatic carbocycles. The molecule has 0 aromatic heterocycles. The lowest BCUT2D eigenvalue weighted by molar-refractivity contribution is 0.219. The van der Waals surface area contributed by atoms with Crippen LogP contribution < -0.4 is 5.84 Å². The van der Waals surface area contributed by atoms with E-state index in [-0.39, 0.29) is 5.41 Å². The Bertz CT molecular complexity index is 733. The predicted molar refractivity (Wildman–Crippen MR) is 112 cm³/mol. The van der Waals surface area contributed by atoms with E-state index in [9.17, 15) is 0 Å². The lowest BCUT2D eigenvalue weighted by Gasteiger charge is -2.43. The van der Waals surface area contributed by atoms with Crippen LogP contribution in [0.15, 0.2) is 91.0 Å². The molecule has 3 aromatic rings. The van der Waals surface area contributed by atoms with Crippen LogP contribution in [0.4, 0.5) is 0 Å². The zero-order valence-corrected chi connectivity index (χ0v) is 15.8. The zero-order valence-electron chi connectivity index (χ0n) is 15.8. The summed E-state index contributed by atoms with van der Waals surface area (Å²) in [5, 5.41) is 2.03. The highest BCUT2D eigenvalue weighted by Gasteiger charge is 2.44. The number of nitrogens with zero attached hydrogens (tertiary/aromatic N) is 1. The van der Waals surface area contributed by atoms with Crippen molar-refractivity contribution in [3.63, 3.8) is 0 Å². The molecule has 1 atom stereocenters. The third-order valence-corrected chi connectivity index (χ3v) is 6.00. The van der Waals surface area contributed by atoms with Gasteiger partial charge in [0.25, 0.3) is 0 Å². The minimum Gasteiger partial charge on any atom is -0.269 e. The fraction of sp³-hybridized carbons (Fsp3) is 0.280. The second kappa shape index (κ2) is 8.08. The number of rotatable bonds is 4. The van der Waals surface area contributed by atoms with Crippen molar-refractivity contribution in [1.29, 1.82) is 0 Å². The van der Waals surface area contributed by atoms with Gasteiger partial charge in [-0.25, -0.2) is 5.01 Å². The largest absolute Gasteiger partial charge is 0.269 e. The van der Waals surface area contributed by atoms with Crippen molar-refractivity contribution in [2.24, 2.45) is 11.8 Å². The molecule has 0 amide bonds. The van der Waals surface area contributed by atoms with Gasteiger partial charge in [-0.15, -0.1) is 0 Å². The molecule has 0 bridgehead atoms. The molecule has 0 saturated carbocycles. The highest BCUT2D eigenvalue weighted by atomic mass is 15.4. The monoisotopic (exact) mass is 356 g/mol. The molecule has 4 rings (SSSR count).